The summed E-state index contributed by atoms with van der Waals surface area (Å²) in [5, 5.41) is 4.16. The summed E-state index contributed by atoms with van der Waals surface area (Å²) < 4.78 is 11.5. The molecule has 1 unspecified atom stereocenters. The van der Waals surface area contributed by atoms with Crippen LogP contribution in [0.5, 0.6) is 11.5 Å². The number of benzene rings is 1. The van der Waals surface area contributed by atoms with Gasteiger partial charge in [0, 0.05) is 19.4 Å². The van der Waals surface area contributed by atoms with Crippen molar-refractivity contribution < 1.29 is 9.47 Å². The minimum absolute atomic E-state index is 0.00520. The molecule has 0 saturated carbocycles. The van der Waals surface area contributed by atoms with Crippen LogP contribution in [-0.4, -0.2) is 12.3 Å². The van der Waals surface area contributed by atoms with E-state index in [4.69, 9.17) is 21.1 Å². The fraction of sp³-hybridized carbons (Fsp3) is 0.571. The molecule has 1 N–H and O–H groups in total. The second kappa shape index (κ2) is 3.78. The first-order chi connectivity index (χ1) is 8.40. The highest BCUT2D eigenvalue weighted by molar-refractivity contribution is 6.32. The lowest BCUT2D eigenvalue weighted by molar-refractivity contribution is -0.0431. The first kappa shape index (κ1) is 12.1. The molecule has 3 rings (SSSR count). The highest BCUT2D eigenvalue weighted by Gasteiger charge is 2.37. The molecule has 18 heavy (non-hydrogen) atoms. The van der Waals surface area contributed by atoms with E-state index in [2.05, 4.69) is 12.2 Å². The summed E-state index contributed by atoms with van der Waals surface area (Å²) in [6.07, 6.45) is 2.31. The van der Waals surface area contributed by atoms with Crippen molar-refractivity contribution in [1.82, 2.24) is 5.32 Å². The molecule has 0 spiro atoms. The summed E-state index contributed by atoms with van der Waals surface area (Å²) in [6, 6.07) is 4.04. The standard InChI is InChI=1S/C14H18ClNO2/c1-13(2)17-11-8-9(7-10(15)12(11)18-13)14(3)5-4-6-16-14/h7-8,16H,4-6H2,1-3H3. The maximum atomic E-state index is 6.31. The third kappa shape index (κ3) is 1.86. The van der Waals surface area contributed by atoms with Crippen LogP contribution in [0.3, 0.4) is 0 Å². The Morgan fingerprint density at radius 1 is 1.22 bits per heavy atom. The number of rotatable bonds is 1. The molecule has 0 aromatic heterocycles. The van der Waals surface area contributed by atoms with Crippen molar-refractivity contribution in [1.29, 1.82) is 0 Å². The fourth-order valence-corrected chi connectivity index (χ4v) is 2.98. The van der Waals surface area contributed by atoms with Gasteiger partial charge in [-0.3, -0.25) is 0 Å². The number of fused-ring (bicyclic) bond motifs is 1. The van der Waals surface area contributed by atoms with Crippen LogP contribution in [0.2, 0.25) is 5.02 Å². The highest BCUT2D eigenvalue weighted by atomic mass is 35.5. The summed E-state index contributed by atoms with van der Waals surface area (Å²) in [6.45, 7) is 7.03. The summed E-state index contributed by atoms with van der Waals surface area (Å²) >= 11 is 6.31. The minimum atomic E-state index is -0.630. The zero-order chi connectivity index (χ0) is 13.0. The molecular formula is C14H18ClNO2. The molecule has 1 fully saturated rings. The van der Waals surface area contributed by atoms with Gasteiger partial charge < -0.3 is 14.8 Å². The van der Waals surface area contributed by atoms with Crippen LogP contribution in [0.25, 0.3) is 0 Å². The van der Waals surface area contributed by atoms with Crippen LogP contribution >= 0.6 is 11.6 Å². The molecule has 0 radical (unpaired) electrons. The molecule has 2 aliphatic rings. The average Bonchev–Trinajstić information content (AvgIpc) is 2.82. The summed E-state index contributed by atoms with van der Waals surface area (Å²) in [5.41, 5.74) is 1.17. The van der Waals surface area contributed by atoms with E-state index >= 15 is 0 Å². The lowest BCUT2D eigenvalue weighted by Crippen LogP contribution is -2.33. The second-order valence-corrected chi connectivity index (χ2v) is 6.16. The van der Waals surface area contributed by atoms with E-state index in [0.29, 0.717) is 10.8 Å². The highest BCUT2D eigenvalue weighted by Crippen LogP contribution is 2.47. The van der Waals surface area contributed by atoms with Crippen LogP contribution in [0.4, 0.5) is 0 Å². The van der Waals surface area contributed by atoms with Crippen LogP contribution in [0.15, 0.2) is 12.1 Å². The molecule has 3 nitrogen and oxygen atoms in total. The molecule has 1 atom stereocenters. The van der Waals surface area contributed by atoms with Crippen molar-refractivity contribution in [3.8, 4) is 11.5 Å². The van der Waals surface area contributed by atoms with Crippen molar-refractivity contribution in [2.45, 2.75) is 44.9 Å². The summed E-state index contributed by atoms with van der Waals surface area (Å²) in [4.78, 5) is 0. The van der Waals surface area contributed by atoms with E-state index < -0.39 is 5.79 Å². The number of hydrogen-bond donors (Lipinski definition) is 1. The maximum absolute atomic E-state index is 6.31. The van der Waals surface area contributed by atoms with Gasteiger partial charge in [0.25, 0.3) is 0 Å². The average molecular weight is 268 g/mol. The largest absolute Gasteiger partial charge is 0.449 e. The van der Waals surface area contributed by atoms with Gasteiger partial charge in [0.2, 0.25) is 5.79 Å². The van der Waals surface area contributed by atoms with Gasteiger partial charge in [0.15, 0.2) is 11.5 Å². The topological polar surface area (TPSA) is 30.5 Å². The molecule has 1 aromatic rings. The van der Waals surface area contributed by atoms with Gasteiger partial charge >= 0.3 is 0 Å². The first-order valence-corrected chi connectivity index (χ1v) is 6.75. The van der Waals surface area contributed by atoms with Crippen LogP contribution in [0.1, 0.15) is 39.2 Å². The molecule has 1 aromatic carbocycles. The van der Waals surface area contributed by atoms with E-state index in [-0.39, 0.29) is 5.54 Å². The zero-order valence-corrected chi connectivity index (χ0v) is 11.7. The maximum Gasteiger partial charge on any atom is 0.246 e. The molecule has 2 heterocycles. The van der Waals surface area contributed by atoms with Crippen molar-refractivity contribution in [2.24, 2.45) is 0 Å². The monoisotopic (exact) mass is 267 g/mol. The lowest BCUT2D eigenvalue weighted by Gasteiger charge is -2.25. The van der Waals surface area contributed by atoms with Gasteiger partial charge in [0.1, 0.15) is 0 Å². The van der Waals surface area contributed by atoms with Gasteiger partial charge in [-0.25, -0.2) is 0 Å². The normalized spacial score (nSPS) is 28.7. The first-order valence-electron chi connectivity index (χ1n) is 6.37. The van der Waals surface area contributed by atoms with Crippen molar-refractivity contribution in [3.63, 3.8) is 0 Å². The van der Waals surface area contributed by atoms with Gasteiger partial charge in [-0.2, -0.15) is 0 Å². The Bertz CT molecular complexity index is 493. The predicted octanol–water partition coefficient (Wildman–Crippen LogP) is 3.45. The van der Waals surface area contributed by atoms with E-state index in [1.165, 1.54) is 12.0 Å². The Morgan fingerprint density at radius 2 is 2.00 bits per heavy atom. The molecule has 0 aliphatic carbocycles. The fourth-order valence-electron chi connectivity index (χ4n) is 2.73. The Hall–Kier alpha value is -0.930. The summed E-state index contributed by atoms with van der Waals surface area (Å²) in [7, 11) is 0. The van der Waals surface area contributed by atoms with Crippen molar-refractivity contribution in [2.75, 3.05) is 6.54 Å². The predicted molar refractivity (Wildman–Crippen MR) is 71.4 cm³/mol. The third-order valence-corrected chi connectivity index (χ3v) is 4.00. The smallest absolute Gasteiger partial charge is 0.246 e. The Morgan fingerprint density at radius 3 is 2.67 bits per heavy atom. The molecule has 1 saturated heterocycles. The van der Waals surface area contributed by atoms with E-state index in [1.54, 1.807) is 0 Å². The van der Waals surface area contributed by atoms with E-state index in [9.17, 15) is 0 Å². The Kier molecular flexibility index (Phi) is 2.55. The molecular weight excluding hydrogens is 250 g/mol. The number of halogens is 1. The third-order valence-electron chi connectivity index (χ3n) is 3.72. The molecule has 0 bridgehead atoms. The van der Waals surface area contributed by atoms with Gasteiger partial charge in [0.05, 0.1) is 5.02 Å². The van der Waals surface area contributed by atoms with Gasteiger partial charge in [-0.15, -0.1) is 0 Å². The van der Waals surface area contributed by atoms with E-state index in [0.717, 1.165) is 18.7 Å². The molecule has 98 valence electrons. The lowest BCUT2D eigenvalue weighted by atomic mass is 9.90. The number of nitrogens with one attached hydrogen (secondary N) is 1. The quantitative estimate of drug-likeness (QED) is 0.845. The molecule has 2 aliphatic heterocycles. The van der Waals surface area contributed by atoms with Crippen molar-refractivity contribution in [3.05, 3.63) is 22.7 Å². The van der Waals surface area contributed by atoms with E-state index in [1.807, 2.05) is 26.0 Å². The SMILES string of the molecule is CC1(C)Oc2cc(C3(C)CCCN3)cc(Cl)c2O1. The minimum Gasteiger partial charge on any atom is -0.449 e. The van der Waals surface area contributed by atoms with Crippen LogP contribution < -0.4 is 14.8 Å². The summed E-state index contributed by atoms with van der Waals surface area (Å²) in [5.74, 6) is 0.777. The molecule has 4 heteroatoms. The second-order valence-electron chi connectivity index (χ2n) is 5.75. The Labute approximate surface area is 112 Å². The van der Waals surface area contributed by atoms with Gasteiger partial charge in [-0.1, -0.05) is 11.6 Å². The van der Waals surface area contributed by atoms with Crippen LogP contribution in [0, 0.1) is 0 Å². The van der Waals surface area contributed by atoms with Crippen molar-refractivity contribution >= 4 is 11.6 Å². The Balaban J connectivity index is 2.03. The van der Waals surface area contributed by atoms with Gasteiger partial charge in [-0.05, 0) is 44.0 Å². The zero-order valence-electron chi connectivity index (χ0n) is 11.0. The van der Waals surface area contributed by atoms with Crippen LogP contribution in [-0.2, 0) is 5.54 Å². The number of hydrogen-bond acceptors (Lipinski definition) is 3. The number of ether oxygens (including phenoxy) is 2. The molecule has 0 amide bonds.